The second-order valence-electron chi connectivity index (χ2n) is 3.42. The van der Waals surface area contributed by atoms with E-state index in [-0.39, 0.29) is 4.75 Å². The van der Waals surface area contributed by atoms with E-state index in [0.717, 1.165) is 10.8 Å². The first-order valence-electron chi connectivity index (χ1n) is 3.84. The lowest BCUT2D eigenvalue weighted by Gasteiger charge is -2.40. The number of rotatable bonds is 1. The first-order chi connectivity index (χ1) is 5.45. The van der Waals surface area contributed by atoms with Crippen molar-refractivity contribution in [3.8, 4) is 0 Å². The van der Waals surface area contributed by atoms with Gasteiger partial charge in [0.2, 0.25) is 5.91 Å². The van der Waals surface area contributed by atoms with Crippen LogP contribution in [0.15, 0.2) is 0 Å². The van der Waals surface area contributed by atoms with Gasteiger partial charge in [-0.05, 0) is 13.8 Å². The number of thioether (sulfide) groups is 1. The SMILES string of the molecule is CC1(C)SCCN(O)C1C(N)=O. The van der Waals surface area contributed by atoms with Gasteiger partial charge in [-0.15, -0.1) is 0 Å². The zero-order valence-electron chi connectivity index (χ0n) is 7.28. The molecular formula is C7H14N2O2S. The number of carbonyl (C=O) groups excluding carboxylic acids is 1. The van der Waals surface area contributed by atoms with Gasteiger partial charge in [0.25, 0.3) is 0 Å². The number of hydroxylamine groups is 2. The predicted molar refractivity (Wildman–Crippen MR) is 48.0 cm³/mol. The van der Waals surface area contributed by atoms with E-state index < -0.39 is 11.9 Å². The second kappa shape index (κ2) is 3.24. The summed E-state index contributed by atoms with van der Waals surface area (Å²) >= 11 is 1.66. The predicted octanol–water partition coefficient (Wildman–Crippen LogP) is 0.0569. The third kappa shape index (κ3) is 1.73. The monoisotopic (exact) mass is 190 g/mol. The highest BCUT2D eigenvalue weighted by atomic mass is 32.2. The minimum atomic E-state index is -0.573. The first kappa shape index (κ1) is 9.83. The summed E-state index contributed by atoms with van der Waals surface area (Å²) in [5.74, 6) is 0.363. The summed E-state index contributed by atoms with van der Waals surface area (Å²) < 4.78 is -0.293. The van der Waals surface area contributed by atoms with Crippen LogP contribution in [0, 0.1) is 0 Å². The Kier molecular flexibility index (Phi) is 2.65. The maximum absolute atomic E-state index is 11.0. The minimum absolute atomic E-state index is 0.293. The Hall–Kier alpha value is -0.260. The molecule has 0 aromatic carbocycles. The van der Waals surface area contributed by atoms with Crippen molar-refractivity contribution in [2.45, 2.75) is 24.6 Å². The van der Waals surface area contributed by atoms with Crippen molar-refractivity contribution < 1.29 is 10.0 Å². The lowest BCUT2D eigenvalue weighted by Crippen LogP contribution is -2.57. The summed E-state index contributed by atoms with van der Waals surface area (Å²) in [6.45, 7) is 4.33. The molecule has 1 aliphatic heterocycles. The second-order valence-corrected chi connectivity index (χ2v) is 5.17. The van der Waals surface area contributed by atoms with Crippen molar-refractivity contribution in [3.63, 3.8) is 0 Å². The van der Waals surface area contributed by atoms with Crippen LogP contribution in [0.4, 0.5) is 0 Å². The molecule has 0 bridgehead atoms. The number of hydrogen-bond acceptors (Lipinski definition) is 4. The van der Waals surface area contributed by atoms with Crippen molar-refractivity contribution in [3.05, 3.63) is 0 Å². The van der Waals surface area contributed by atoms with Crippen LogP contribution >= 0.6 is 11.8 Å². The van der Waals surface area contributed by atoms with Crippen LogP contribution in [0.25, 0.3) is 0 Å². The molecule has 1 fully saturated rings. The van der Waals surface area contributed by atoms with E-state index in [4.69, 9.17) is 5.73 Å². The molecule has 12 heavy (non-hydrogen) atoms. The number of hydrogen-bond donors (Lipinski definition) is 2. The molecule has 0 radical (unpaired) electrons. The van der Waals surface area contributed by atoms with Crippen LogP contribution in [0.2, 0.25) is 0 Å². The van der Waals surface area contributed by atoms with E-state index in [0.29, 0.717) is 6.54 Å². The lowest BCUT2D eigenvalue weighted by molar-refractivity contribution is -0.156. The lowest BCUT2D eigenvalue weighted by atomic mass is 10.0. The molecule has 5 heteroatoms. The van der Waals surface area contributed by atoms with Gasteiger partial charge in [-0.25, -0.2) is 0 Å². The number of carbonyl (C=O) groups is 1. The Bertz CT molecular complexity index is 196. The van der Waals surface area contributed by atoms with Gasteiger partial charge in [0.1, 0.15) is 6.04 Å². The van der Waals surface area contributed by atoms with Crippen molar-refractivity contribution in [1.82, 2.24) is 5.06 Å². The summed E-state index contributed by atoms with van der Waals surface area (Å²) in [7, 11) is 0. The van der Waals surface area contributed by atoms with E-state index >= 15 is 0 Å². The van der Waals surface area contributed by atoms with E-state index in [2.05, 4.69) is 0 Å². The first-order valence-corrected chi connectivity index (χ1v) is 4.82. The van der Waals surface area contributed by atoms with Gasteiger partial charge in [0.05, 0.1) is 0 Å². The van der Waals surface area contributed by atoms with E-state index in [1.807, 2.05) is 13.8 Å². The van der Waals surface area contributed by atoms with Gasteiger partial charge in [0.15, 0.2) is 0 Å². The number of amides is 1. The Balaban J connectivity index is 2.81. The molecule has 1 unspecified atom stereocenters. The standard InChI is InChI=1S/C7H14N2O2S/c1-7(2)5(6(8)10)9(11)3-4-12-7/h5,11H,3-4H2,1-2H3,(H2,8,10). The Morgan fingerprint density at radius 1 is 1.75 bits per heavy atom. The van der Waals surface area contributed by atoms with Gasteiger partial charge in [-0.2, -0.15) is 16.8 Å². The van der Waals surface area contributed by atoms with Gasteiger partial charge in [0, 0.05) is 17.0 Å². The Morgan fingerprint density at radius 3 is 2.67 bits per heavy atom. The van der Waals surface area contributed by atoms with Gasteiger partial charge in [-0.3, -0.25) is 4.79 Å². The largest absolute Gasteiger partial charge is 0.368 e. The summed E-state index contributed by atoms with van der Waals surface area (Å²) in [4.78, 5) is 11.0. The molecule has 1 heterocycles. The molecule has 1 atom stereocenters. The highest BCUT2D eigenvalue weighted by molar-refractivity contribution is 8.00. The zero-order valence-corrected chi connectivity index (χ0v) is 8.10. The quantitative estimate of drug-likeness (QED) is 0.613. The molecule has 3 N–H and O–H groups in total. The summed E-state index contributed by atoms with van der Waals surface area (Å²) in [6.07, 6.45) is 0. The molecule has 4 nitrogen and oxygen atoms in total. The van der Waals surface area contributed by atoms with Crippen LogP contribution in [0.5, 0.6) is 0 Å². The number of nitrogens with two attached hydrogens (primary N) is 1. The summed E-state index contributed by atoms with van der Waals surface area (Å²) in [5, 5.41) is 10.4. The molecule has 1 saturated heterocycles. The molecule has 0 aliphatic carbocycles. The van der Waals surface area contributed by atoms with Crippen LogP contribution in [0.3, 0.4) is 0 Å². The molecule has 1 amide bonds. The van der Waals surface area contributed by atoms with Crippen molar-refractivity contribution in [1.29, 1.82) is 0 Å². The van der Waals surface area contributed by atoms with Crippen LogP contribution in [0.1, 0.15) is 13.8 Å². The third-order valence-corrected chi connectivity index (χ3v) is 3.37. The molecule has 0 aromatic rings. The topological polar surface area (TPSA) is 66.6 Å². The maximum atomic E-state index is 11.0. The van der Waals surface area contributed by atoms with Gasteiger partial charge in [-0.1, -0.05) is 0 Å². The van der Waals surface area contributed by atoms with Crippen LogP contribution < -0.4 is 5.73 Å². The highest BCUT2D eigenvalue weighted by Crippen LogP contribution is 2.34. The summed E-state index contributed by atoms with van der Waals surface area (Å²) in [5.41, 5.74) is 5.18. The fourth-order valence-electron chi connectivity index (χ4n) is 1.46. The third-order valence-electron chi connectivity index (χ3n) is 2.02. The average Bonchev–Trinajstić information content (AvgIpc) is 1.82. The van der Waals surface area contributed by atoms with Crippen molar-refractivity contribution >= 4 is 17.7 Å². The van der Waals surface area contributed by atoms with Gasteiger partial charge < -0.3 is 10.9 Å². The minimum Gasteiger partial charge on any atom is -0.368 e. The van der Waals surface area contributed by atoms with Crippen LogP contribution in [-0.4, -0.2) is 39.3 Å². The normalized spacial score (nSPS) is 30.1. The van der Waals surface area contributed by atoms with E-state index in [1.165, 1.54) is 0 Å². The molecule has 0 spiro atoms. The smallest absolute Gasteiger partial charge is 0.238 e. The van der Waals surface area contributed by atoms with Crippen molar-refractivity contribution in [2.24, 2.45) is 5.73 Å². The average molecular weight is 190 g/mol. The molecule has 1 rings (SSSR count). The molecule has 0 aromatic heterocycles. The Morgan fingerprint density at radius 2 is 2.33 bits per heavy atom. The summed E-state index contributed by atoms with van der Waals surface area (Å²) in [6, 6.07) is -0.573. The van der Waals surface area contributed by atoms with Crippen LogP contribution in [-0.2, 0) is 4.79 Å². The Labute approximate surface area is 76.1 Å². The van der Waals surface area contributed by atoms with E-state index in [1.54, 1.807) is 11.8 Å². The fraction of sp³-hybridized carbons (Fsp3) is 0.857. The van der Waals surface area contributed by atoms with E-state index in [9.17, 15) is 10.0 Å². The highest BCUT2D eigenvalue weighted by Gasteiger charge is 2.41. The maximum Gasteiger partial charge on any atom is 0.238 e. The fourth-order valence-corrected chi connectivity index (χ4v) is 2.66. The zero-order chi connectivity index (χ0) is 9.35. The van der Waals surface area contributed by atoms with Gasteiger partial charge >= 0.3 is 0 Å². The molecule has 70 valence electrons. The molecular weight excluding hydrogens is 176 g/mol. The molecule has 1 aliphatic rings. The molecule has 0 saturated carbocycles. The number of primary amides is 1. The van der Waals surface area contributed by atoms with Crippen molar-refractivity contribution in [2.75, 3.05) is 12.3 Å². The number of nitrogens with zero attached hydrogens (tertiary/aromatic N) is 1.